The number of amides is 2. The number of nitrogens with zero attached hydrogens (tertiary/aromatic N) is 1. The Balaban J connectivity index is 1.21. The summed E-state index contributed by atoms with van der Waals surface area (Å²) in [5.41, 5.74) is 4.49. The molecule has 2 N–H and O–H groups in total. The summed E-state index contributed by atoms with van der Waals surface area (Å²) in [6.07, 6.45) is 1.42. The first-order valence-electron chi connectivity index (χ1n) is 10.1. The van der Waals surface area contributed by atoms with Gasteiger partial charge >= 0.3 is 11.8 Å². The Labute approximate surface area is 205 Å². The Morgan fingerprint density at radius 1 is 0.971 bits per heavy atom. The molecule has 3 aromatic rings. The van der Waals surface area contributed by atoms with Crippen LogP contribution < -0.4 is 25.0 Å². The van der Waals surface area contributed by atoms with E-state index < -0.39 is 11.8 Å². The molecular formula is C24H19Cl2N3O5. The molecule has 10 heteroatoms. The van der Waals surface area contributed by atoms with E-state index in [1.54, 1.807) is 60.7 Å². The van der Waals surface area contributed by atoms with Gasteiger partial charge in [-0.05, 0) is 59.7 Å². The number of hydrogen-bond donors (Lipinski definition) is 2. The van der Waals surface area contributed by atoms with Gasteiger partial charge in [-0.25, -0.2) is 5.43 Å². The summed E-state index contributed by atoms with van der Waals surface area (Å²) in [5.74, 6) is 0.199. The smallest absolute Gasteiger partial charge is 0.329 e. The molecule has 0 saturated carbocycles. The van der Waals surface area contributed by atoms with Crippen LogP contribution in [0.5, 0.6) is 17.2 Å². The van der Waals surface area contributed by atoms with Gasteiger partial charge in [-0.2, -0.15) is 5.10 Å². The highest BCUT2D eigenvalue weighted by atomic mass is 35.5. The third kappa shape index (κ3) is 6.18. The maximum atomic E-state index is 12.0. The average Bonchev–Trinajstić information content (AvgIpc) is 3.31. The van der Waals surface area contributed by atoms with Crippen molar-refractivity contribution in [2.24, 2.45) is 5.10 Å². The van der Waals surface area contributed by atoms with E-state index >= 15 is 0 Å². The van der Waals surface area contributed by atoms with Crippen LogP contribution in [0.1, 0.15) is 16.7 Å². The molecule has 0 spiro atoms. The fourth-order valence-electron chi connectivity index (χ4n) is 2.98. The summed E-state index contributed by atoms with van der Waals surface area (Å²) in [4.78, 5) is 23.9. The van der Waals surface area contributed by atoms with Crippen molar-refractivity contribution in [1.82, 2.24) is 10.7 Å². The molecule has 34 heavy (non-hydrogen) atoms. The van der Waals surface area contributed by atoms with E-state index in [9.17, 15) is 9.59 Å². The van der Waals surface area contributed by atoms with E-state index in [2.05, 4.69) is 15.8 Å². The van der Waals surface area contributed by atoms with E-state index in [1.165, 1.54) is 6.21 Å². The van der Waals surface area contributed by atoms with Crippen LogP contribution in [0.2, 0.25) is 10.0 Å². The van der Waals surface area contributed by atoms with E-state index in [0.717, 1.165) is 11.1 Å². The highest BCUT2D eigenvalue weighted by Crippen LogP contribution is 2.32. The number of rotatable bonds is 7. The number of nitrogens with one attached hydrogen (secondary N) is 2. The molecule has 1 aliphatic heterocycles. The molecule has 1 aliphatic rings. The van der Waals surface area contributed by atoms with Crippen LogP contribution in [0.4, 0.5) is 0 Å². The molecule has 4 rings (SSSR count). The van der Waals surface area contributed by atoms with Crippen LogP contribution >= 0.6 is 23.2 Å². The second-order valence-electron chi connectivity index (χ2n) is 7.16. The fraction of sp³-hybridized carbons (Fsp3) is 0.125. The van der Waals surface area contributed by atoms with Gasteiger partial charge in [0.05, 0.1) is 6.21 Å². The Hall–Kier alpha value is -3.75. The molecule has 0 aliphatic carbocycles. The number of carbonyl (C=O) groups is 2. The van der Waals surface area contributed by atoms with E-state index in [4.69, 9.17) is 37.4 Å². The van der Waals surface area contributed by atoms with Gasteiger partial charge in [0, 0.05) is 22.2 Å². The fourth-order valence-corrected chi connectivity index (χ4v) is 3.44. The molecule has 0 fully saturated rings. The zero-order chi connectivity index (χ0) is 23.9. The topological polar surface area (TPSA) is 98.2 Å². The van der Waals surface area contributed by atoms with Crippen LogP contribution in [0, 0.1) is 0 Å². The highest BCUT2D eigenvalue weighted by molar-refractivity contribution is 6.35. The lowest BCUT2D eigenvalue weighted by Crippen LogP contribution is -2.37. The summed E-state index contributed by atoms with van der Waals surface area (Å²) in [6.45, 7) is 0.621. The minimum absolute atomic E-state index is 0.162. The monoisotopic (exact) mass is 499 g/mol. The summed E-state index contributed by atoms with van der Waals surface area (Å²) >= 11 is 12.0. The molecule has 0 radical (unpaired) electrons. The van der Waals surface area contributed by atoms with Crippen molar-refractivity contribution in [3.8, 4) is 17.2 Å². The number of ether oxygens (including phenoxy) is 3. The SMILES string of the molecule is O=C(NCc1ccc2c(c1)OCO2)C(=O)N/N=C\c1ccc(OCc2ccc(Cl)cc2Cl)cc1. The first-order valence-corrected chi connectivity index (χ1v) is 10.9. The first kappa shape index (κ1) is 23.4. The van der Waals surface area contributed by atoms with Crippen LogP contribution in [0.25, 0.3) is 0 Å². The Morgan fingerprint density at radius 2 is 1.76 bits per heavy atom. The number of hydrazone groups is 1. The van der Waals surface area contributed by atoms with Gasteiger partial charge in [0.1, 0.15) is 12.4 Å². The first-order chi connectivity index (χ1) is 16.5. The molecule has 0 aromatic heterocycles. The molecule has 1 heterocycles. The van der Waals surface area contributed by atoms with Gasteiger partial charge in [0.2, 0.25) is 6.79 Å². The zero-order valence-electron chi connectivity index (χ0n) is 17.7. The third-order valence-electron chi connectivity index (χ3n) is 4.77. The molecule has 174 valence electrons. The summed E-state index contributed by atoms with van der Waals surface area (Å²) < 4.78 is 16.2. The van der Waals surface area contributed by atoms with Gasteiger partial charge in [0.25, 0.3) is 0 Å². The van der Waals surface area contributed by atoms with Crippen molar-refractivity contribution in [2.75, 3.05) is 6.79 Å². The lowest BCUT2D eigenvalue weighted by Gasteiger charge is -2.08. The summed E-state index contributed by atoms with van der Waals surface area (Å²) in [7, 11) is 0. The number of halogens is 2. The molecule has 0 atom stereocenters. The quantitative estimate of drug-likeness (QED) is 0.290. The molecular weight excluding hydrogens is 481 g/mol. The van der Waals surface area contributed by atoms with Crippen molar-refractivity contribution in [2.45, 2.75) is 13.2 Å². The molecule has 3 aromatic carbocycles. The molecule has 8 nitrogen and oxygen atoms in total. The highest BCUT2D eigenvalue weighted by Gasteiger charge is 2.15. The Kier molecular flexibility index (Phi) is 7.51. The standard InChI is InChI=1S/C24H19Cl2N3O5/c25-18-5-4-17(20(26)10-18)13-32-19-6-1-15(2-7-19)12-28-29-24(31)23(30)27-11-16-3-8-21-22(9-16)34-14-33-21/h1-10,12H,11,13-14H2,(H,27,30)(H,29,31)/b28-12-. The normalized spacial score (nSPS) is 11.9. The van der Waals surface area contributed by atoms with Crippen molar-refractivity contribution < 1.29 is 23.8 Å². The van der Waals surface area contributed by atoms with Gasteiger partial charge < -0.3 is 19.5 Å². The third-order valence-corrected chi connectivity index (χ3v) is 5.35. The summed E-state index contributed by atoms with van der Waals surface area (Å²) in [6, 6.07) is 17.5. The second-order valence-corrected chi connectivity index (χ2v) is 8.01. The maximum Gasteiger partial charge on any atom is 0.329 e. The number of benzene rings is 3. The number of carbonyl (C=O) groups excluding carboxylic acids is 2. The van der Waals surface area contributed by atoms with E-state index in [0.29, 0.717) is 39.5 Å². The van der Waals surface area contributed by atoms with Gasteiger partial charge in [0.15, 0.2) is 11.5 Å². The van der Waals surface area contributed by atoms with Gasteiger partial charge in [-0.3, -0.25) is 9.59 Å². The van der Waals surface area contributed by atoms with Crippen LogP contribution in [0.3, 0.4) is 0 Å². The van der Waals surface area contributed by atoms with E-state index in [1.807, 2.05) is 0 Å². The average molecular weight is 500 g/mol. The largest absolute Gasteiger partial charge is 0.489 e. The van der Waals surface area contributed by atoms with Crippen molar-refractivity contribution in [1.29, 1.82) is 0 Å². The molecule has 0 unspecified atom stereocenters. The number of fused-ring (bicyclic) bond motifs is 1. The summed E-state index contributed by atoms with van der Waals surface area (Å²) in [5, 5.41) is 7.44. The molecule has 0 saturated heterocycles. The lowest BCUT2D eigenvalue weighted by atomic mass is 10.2. The lowest BCUT2D eigenvalue weighted by molar-refractivity contribution is -0.139. The van der Waals surface area contributed by atoms with Crippen LogP contribution in [0.15, 0.2) is 65.8 Å². The second kappa shape index (κ2) is 10.9. The predicted octanol–water partition coefficient (Wildman–Crippen LogP) is 4.07. The van der Waals surface area contributed by atoms with Crippen molar-refractivity contribution >= 4 is 41.2 Å². The van der Waals surface area contributed by atoms with Gasteiger partial charge in [-0.1, -0.05) is 35.3 Å². The van der Waals surface area contributed by atoms with Gasteiger partial charge in [-0.15, -0.1) is 0 Å². The maximum absolute atomic E-state index is 12.0. The van der Waals surface area contributed by atoms with E-state index in [-0.39, 0.29) is 13.3 Å². The molecule has 0 bridgehead atoms. The van der Waals surface area contributed by atoms with Crippen molar-refractivity contribution in [3.05, 3.63) is 87.4 Å². The van der Waals surface area contributed by atoms with Crippen molar-refractivity contribution in [3.63, 3.8) is 0 Å². The Bertz CT molecular complexity index is 1230. The Morgan fingerprint density at radius 3 is 2.56 bits per heavy atom. The minimum atomic E-state index is -0.878. The predicted molar refractivity (Wildman–Crippen MR) is 127 cm³/mol. The zero-order valence-corrected chi connectivity index (χ0v) is 19.2. The van der Waals surface area contributed by atoms with Crippen LogP contribution in [-0.4, -0.2) is 24.8 Å². The molecule has 2 amide bonds. The number of hydrogen-bond acceptors (Lipinski definition) is 6. The van der Waals surface area contributed by atoms with Crippen LogP contribution in [-0.2, 0) is 22.7 Å². The minimum Gasteiger partial charge on any atom is -0.489 e.